The summed E-state index contributed by atoms with van der Waals surface area (Å²) in [5, 5.41) is 3.71. The van der Waals surface area contributed by atoms with Gasteiger partial charge in [0.2, 0.25) is 0 Å². The molecule has 2 saturated heterocycles. The number of benzene rings is 1. The van der Waals surface area contributed by atoms with Crippen molar-refractivity contribution in [1.29, 1.82) is 0 Å². The first kappa shape index (κ1) is 13.7. The minimum Gasteiger partial charge on any atom is -0.336 e. The molecule has 2 atom stereocenters. The molecule has 2 amide bonds. The van der Waals surface area contributed by atoms with E-state index in [0.717, 1.165) is 37.7 Å². The third kappa shape index (κ3) is 2.76. The van der Waals surface area contributed by atoms with E-state index in [-0.39, 0.29) is 6.03 Å². The molecule has 1 aromatic carbocycles. The fourth-order valence-electron chi connectivity index (χ4n) is 3.14. The second-order valence-electron chi connectivity index (χ2n) is 5.75. The van der Waals surface area contributed by atoms with E-state index in [4.69, 9.17) is 11.6 Å². The molecule has 4 nitrogen and oxygen atoms in total. The number of carbonyl (C=O) groups excluding carboxylic acids is 1. The number of carbonyl (C=O) groups is 1. The van der Waals surface area contributed by atoms with Gasteiger partial charge in [-0.1, -0.05) is 30.7 Å². The van der Waals surface area contributed by atoms with Crippen LogP contribution in [0.25, 0.3) is 0 Å². The number of amides is 2. The van der Waals surface area contributed by atoms with E-state index in [2.05, 4.69) is 23.2 Å². The van der Waals surface area contributed by atoms with Crippen LogP contribution in [0.4, 0.5) is 4.79 Å². The maximum atomic E-state index is 11.6. The summed E-state index contributed by atoms with van der Waals surface area (Å²) in [4.78, 5) is 16.0. The van der Waals surface area contributed by atoms with Crippen LogP contribution in [0.15, 0.2) is 24.3 Å². The predicted octanol–water partition coefficient (Wildman–Crippen LogP) is 2.15. The van der Waals surface area contributed by atoms with Crippen LogP contribution in [0.5, 0.6) is 0 Å². The van der Waals surface area contributed by atoms with Crippen molar-refractivity contribution in [2.75, 3.05) is 32.7 Å². The van der Waals surface area contributed by atoms with Crippen LogP contribution in [-0.2, 0) is 0 Å². The maximum Gasteiger partial charge on any atom is 0.317 e. The van der Waals surface area contributed by atoms with Gasteiger partial charge in [0.15, 0.2) is 0 Å². The summed E-state index contributed by atoms with van der Waals surface area (Å²) in [5.41, 5.74) is 1.28. The lowest BCUT2D eigenvalue weighted by Crippen LogP contribution is -2.52. The molecule has 2 heterocycles. The predicted molar refractivity (Wildman–Crippen MR) is 80.2 cm³/mol. The van der Waals surface area contributed by atoms with Crippen molar-refractivity contribution >= 4 is 17.6 Å². The number of nitrogens with zero attached hydrogens (tertiary/aromatic N) is 2. The highest BCUT2D eigenvalue weighted by Gasteiger charge is 2.35. The van der Waals surface area contributed by atoms with Crippen molar-refractivity contribution in [2.24, 2.45) is 0 Å². The Kier molecular flexibility index (Phi) is 3.85. The first-order chi connectivity index (χ1) is 9.63. The van der Waals surface area contributed by atoms with Gasteiger partial charge < -0.3 is 10.2 Å². The lowest BCUT2D eigenvalue weighted by molar-refractivity contribution is 0.117. The standard InChI is InChI=1S/C15H20ClN3O/c1-11(12-3-2-4-13(16)7-12)9-18-5-6-19-14(10-18)8-17-15(19)20/h2-4,7,11,14H,5-6,8-10H2,1H3,(H,17,20)/t11-,14+/m0/s1. The Morgan fingerprint density at radius 1 is 1.45 bits per heavy atom. The summed E-state index contributed by atoms with van der Waals surface area (Å²) in [6.45, 7) is 6.77. The molecule has 0 spiro atoms. The Balaban J connectivity index is 1.60. The van der Waals surface area contributed by atoms with Gasteiger partial charge >= 0.3 is 6.03 Å². The number of rotatable bonds is 3. The highest BCUT2D eigenvalue weighted by molar-refractivity contribution is 6.30. The van der Waals surface area contributed by atoms with E-state index < -0.39 is 0 Å². The van der Waals surface area contributed by atoms with Crippen LogP contribution in [0, 0.1) is 0 Å². The summed E-state index contributed by atoms with van der Waals surface area (Å²) < 4.78 is 0. The maximum absolute atomic E-state index is 11.6. The lowest BCUT2D eigenvalue weighted by atomic mass is 10.00. The molecule has 0 aromatic heterocycles. The first-order valence-corrected chi connectivity index (χ1v) is 7.53. The van der Waals surface area contributed by atoms with Crippen LogP contribution in [0.3, 0.4) is 0 Å². The fourth-order valence-corrected chi connectivity index (χ4v) is 3.34. The Morgan fingerprint density at radius 2 is 2.30 bits per heavy atom. The average molecular weight is 294 g/mol. The fraction of sp³-hybridized carbons (Fsp3) is 0.533. The number of fused-ring (bicyclic) bond motifs is 1. The van der Waals surface area contributed by atoms with E-state index in [1.807, 2.05) is 23.1 Å². The van der Waals surface area contributed by atoms with Gasteiger partial charge in [0.25, 0.3) is 0 Å². The van der Waals surface area contributed by atoms with Crippen LogP contribution in [0.1, 0.15) is 18.4 Å². The van der Waals surface area contributed by atoms with Gasteiger partial charge in [0, 0.05) is 37.7 Å². The molecule has 3 rings (SSSR count). The molecule has 1 N–H and O–H groups in total. The quantitative estimate of drug-likeness (QED) is 0.927. The summed E-state index contributed by atoms with van der Waals surface area (Å²) in [6, 6.07) is 8.52. The molecular weight excluding hydrogens is 274 g/mol. The zero-order valence-corrected chi connectivity index (χ0v) is 12.4. The van der Waals surface area contributed by atoms with Crippen molar-refractivity contribution in [3.05, 3.63) is 34.9 Å². The third-order valence-corrected chi connectivity index (χ3v) is 4.50. The summed E-state index contributed by atoms with van der Waals surface area (Å²) >= 11 is 6.05. The van der Waals surface area contributed by atoms with Crippen molar-refractivity contribution < 1.29 is 4.79 Å². The van der Waals surface area contributed by atoms with E-state index in [0.29, 0.717) is 12.0 Å². The van der Waals surface area contributed by atoms with E-state index >= 15 is 0 Å². The number of piperazine rings is 1. The van der Waals surface area contributed by atoms with Gasteiger partial charge in [-0.05, 0) is 23.6 Å². The molecule has 1 aromatic rings. The Morgan fingerprint density at radius 3 is 3.10 bits per heavy atom. The Labute approximate surface area is 124 Å². The summed E-state index contributed by atoms with van der Waals surface area (Å²) in [7, 11) is 0. The largest absolute Gasteiger partial charge is 0.336 e. The molecular formula is C15H20ClN3O. The van der Waals surface area contributed by atoms with Gasteiger partial charge in [0.1, 0.15) is 0 Å². The number of nitrogens with one attached hydrogen (secondary N) is 1. The zero-order chi connectivity index (χ0) is 14.1. The van der Waals surface area contributed by atoms with Crippen LogP contribution >= 0.6 is 11.6 Å². The summed E-state index contributed by atoms with van der Waals surface area (Å²) in [6.07, 6.45) is 0. The molecule has 20 heavy (non-hydrogen) atoms. The van der Waals surface area contributed by atoms with E-state index in [1.165, 1.54) is 5.56 Å². The number of hydrogen-bond acceptors (Lipinski definition) is 2. The lowest BCUT2D eigenvalue weighted by Gasteiger charge is -2.37. The molecule has 5 heteroatoms. The summed E-state index contributed by atoms with van der Waals surface area (Å²) in [5.74, 6) is 0.449. The molecule has 108 valence electrons. The molecule has 0 bridgehead atoms. The monoisotopic (exact) mass is 293 g/mol. The van der Waals surface area contributed by atoms with Crippen LogP contribution in [0.2, 0.25) is 5.02 Å². The van der Waals surface area contributed by atoms with E-state index in [1.54, 1.807) is 0 Å². The van der Waals surface area contributed by atoms with Crippen LogP contribution in [-0.4, -0.2) is 54.6 Å². The second kappa shape index (κ2) is 5.62. The van der Waals surface area contributed by atoms with E-state index in [9.17, 15) is 4.79 Å². The highest BCUT2D eigenvalue weighted by atomic mass is 35.5. The molecule has 0 unspecified atom stereocenters. The number of hydrogen-bond donors (Lipinski definition) is 1. The SMILES string of the molecule is C[C@@H](CN1CCN2C(=O)NC[C@@H]2C1)c1cccc(Cl)c1. The Bertz CT molecular complexity index is 508. The average Bonchev–Trinajstić information content (AvgIpc) is 2.80. The van der Waals surface area contributed by atoms with Crippen molar-refractivity contribution in [2.45, 2.75) is 18.9 Å². The third-order valence-electron chi connectivity index (χ3n) is 4.27. The van der Waals surface area contributed by atoms with Gasteiger partial charge in [-0.2, -0.15) is 0 Å². The first-order valence-electron chi connectivity index (χ1n) is 7.16. The van der Waals surface area contributed by atoms with Crippen LogP contribution < -0.4 is 5.32 Å². The van der Waals surface area contributed by atoms with Crippen molar-refractivity contribution in [1.82, 2.24) is 15.1 Å². The topological polar surface area (TPSA) is 35.6 Å². The minimum atomic E-state index is 0.0949. The number of halogens is 1. The second-order valence-corrected chi connectivity index (χ2v) is 6.19. The van der Waals surface area contributed by atoms with Crippen molar-refractivity contribution in [3.63, 3.8) is 0 Å². The Hall–Kier alpha value is -1.26. The zero-order valence-electron chi connectivity index (χ0n) is 11.7. The molecule has 0 aliphatic carbocycles. The molecule has 0 radical (unpaired) electrons. The van der Waals surface area contributed by atoms with Crippen molar-refractivity contribution in [3.8, 4) is 0 Å². The van der Waals surface area contributed by atoms with Gasteiger partial charge in [-0.15, -0.1) is 0 Å². The molecule has 2 aliphatic rings. The minimum absolute atomic E-state index is 0.0949. The normalized spacial score (nSPS) is 24.4. The van der Waals surface area contributed by atoms with Gasteiger partial charge in [-0.3, -0.25) is 4.90 Å². The van der Waals surface area contributed by atoms with Gasteiger partial charge in [-0.25, -0.2) is 4.79 Å². The molecule has 2 aliphatic heterocycles. The molecule has 0 saturated carbocycles. The van der Waals surface area contributed by atoms with Gasteiger partial charge in [0.05, 0.1) is 6.04 Å². The molecule has 2 fully saturated rings. The highest BCUT2D eigenvalue weighted by Crippen LogP contribution is 2.22. The smallest absolute Gasteiger partial charge is 0.317 e. The number of urea groups is 1.